The third kappa shape index (κ3) is 1.68. The highest BCUT2D eigenvalue weighted by atomic mass is 15.3. The molecule has 0 unspecified atom stereocenters. The van der Waals surface area contributed by atoms with Crippen molar-refractivity contribution in [2.75, 3.05) is 6.54 Å². The zero-order chi connectivity index (χ0) is 9.19. The molecule has 0 bridgehead atoms. The smallest absolute Gasteiger partial charge is 0.136 e. The van der Waals surface area contributed by atoms with Gasteiger partial charge in [0.25, 0.3) is 0 Å². The van der Waals surface area contributed by atoms with Crippen molar-refractivity contribution >= 4 is 5.71 Å². The van der Waals surface area contributed by atoms with E-state index >= 15 is 0 Å². The Balaban J connectivity index is 2.98. The van der Waals surface area contributed by atoms with Gasteiger partial charge >= 0.3 is 0 Å². The number of hydrazone groups is 1. The van der Waals surface area contributed by atoms with Gasteiger partial charge in [0.2, 0.25) is 0 Å². The fraction of sp³-hybridized carbons (Fsp3) is 0.500. The first-order chi connectivity index (χ1) is 5.55. The summed E-state index contributed by atoms with van der Waals surface area (Å²) in [5, 5.41) is 4.06. The largest absolute Gasteiger partial charge is 0.305 e. The number of nitrogens with one attached hydrogen (secondary N) is 1. The topological polar surface area (TPSA) is 24.4 Å². The molecule has 1 heterocycles. The van der Waals surface area contributed by atoms with Crippen LogP contribution in [-0.4, -0.2) is 12.3 Å². The Morgan fingerprint density at radius 1 is 1.58 bits per heavy atom. The van der Waals surface area contributed by atoms with E-state index in [-0.39, 0.29) is 5.41 Å². The third-order valence-corrected chi connectivity index (χ3v) is 1.79. The molecule has 0 aromatic rings. The molecule has 0 atom stereocenters. The first-order valence-corrected chi connectivity index (χ1v) is 4.04. The Labute approximate surface area is 73.7 Å². The molecule has 1 N–H and O–H groups in total. The molecule has 0 fully saturated rings. The maximum absolute atomic E-state index is 5.33. The molecule has 0 saturated heterocycles. The summed E-state index contributed by atoms with van der Waals surface area (Å²) >= 11 is 0. The van der Waals surface area contributed by atoms with E-state index in [1.54, 1.807) is 0 Å². The fourth-order valence-corrected chi connectivity index (χ4v) is 1.20. The molecule has 0 radical (unpaired) electrons. The van der Waals surface area contributed by atoms with Crippen LogP contribution in [0.1, 0.15) is 20.8 Å². The third-order valence-electron chi connectivity index (χ3n) is 1.79. The van der Waals surface area contributed by atoms with E-state index < -0.39 is 0 Å². The Hall–Kier alpha value is -1.23. The van der Waals surface area contributed by atoms with E-state index in [0.717, 1.165) is 17.8 Å². The normalized spacial score (nSPS) is 17.2. The predicted octanol–water partition coefficient (Wildman–Crippen LogP) is 1.55. The monoisotopic (exact) mass is 162 g/mol. The van der Waals surface area contributed by atoms with Crippen molar-refractivity contribution in [1.82, 2.24) is 5.43 Å². The minimum atomic E-state index is 0.0906. The summed E-state index contributed by atoms with van der Waals surface area (Å²) in [5.41, 5.74) is 4.83. The molecule has 0 saturated carbocycles. The summed E-state index contributed by atoms with van der Waals surface area (Å²) in [6.07, 6.45) is 7.43. The fourth-order valence-electron chi connectivity index (χ4n) is 1.20. The average molecular weight is 162 g/mol. The van der Waals surface area contributed by atoms with Crippen molar-refractivity contribution < 1.29 is 0 Å². The number of hydrogen-bond acceptors (Lipinski definition) is 2. The molecular weight excluding hydrogens is 148 g/mol. The van der Waals surface area contributed by atoms with Crippen LogP contribution in [0.4, 0.5) is 0 Å². The molecule has 1 rings (SSSR count). The molecule has 64 valence electrons. The first kappa shape index (κ1) is 8.86. The zero-order valence-electron chi connectivity index (χ0n) is 7.81. The highest BCUT2D eigenvalue weighted by molar-refractivity contribution is 6.13. The lowest BCUT2D eigenvalue weighted by Gasteiger charge is -2.24. The Morgan fingerprint density at radius 2 is 2.25 bits per heavy atom. The average Bonchev–Trinajstić information content (AvgIpc) is 2.03. The van der Waals surface area contributed by atoms with E-state index in [0.29, 0.717) is 0 Å². The number of allylic oxidation sites excluding steroid dienone is 1. The standard InChI is InChI=1S/C10H14N2/c1-5-9-8(10(2,3)4)6-7-11-12-9/h1,6,11H,7H2,2-4H3. The number of terminal acetylenes is 1. The van der Waals surface area contributed by atoms with Crippen LogP contribution in [0.5, 0.6) is 0 Å². The molecule has 1 aliphatic rings. The molecule has 2 heteroatoms. The van der Waals surface area contributed by atoms with Gasteiger partial charge in [-0.1, -0.05) is 26.8 Å². The molecule has 1 aliphatic heterocycles. The van der Waals surface area contributed by atoms with E-state index in [4.69, 9.17) is 6.42 Å². The SMILES string of the molecule is C#CC1=NNCC=C1C(C)(C)C. The molecule has 0 aliphatic carbocycles. The first-order valence-electron chi connectivity index (χ1n) is 4.04. The van der Waals surface area contributed by atoms with Gasteiger partial charge in [0.05, 0.1) is 6.54 Å². The van der Waals surface area contributed by atoms with Crippen LogP contribution in [-0.2, 0) is 0 Å². The molecule has 0 amide bonds. The molecule has 0 spiro atoms. The lowest BCUT2D eigenvalue weighted by atomic mass is 9.83. The highest BCUT2D eigenvalue weighted by Crippen LogP contribution is 2.26. The van der Waals surface area contributed by atoms with Gasteiger partial charge in [-0.3, -0.25) is 0 Å². The van der Waals surface area contributed by atoms with Gasteiger partial charge in [-0.2, -0.15) is 5.10 Å². The van der Waals surface area contributed by atoms with E-state index in [1.165, 1.54) is 0 Å². The van der Waals surface area contributed by atoms with Crippen molar-refractivity contribution in [3.05, 3.63) is 11.6 Å². The Kier molecular flexibility index (Phi) is 2.23. The Morgan fingerprint density at radius 3 is 2.67 bits per heavy atom. The summed E-state index contributed by atoms with van der Waals surface area (Å²) in [4.78, 5) is 0. The van der Waals surface area contributed by atoms with Crippen LogP contribution in [0.2, 0.25) is 0 Å². The number of nitrogens with zero attached hydrogens (tertiary/aromatic N) is 1. The minimum absolute atomic E-state index is 0.0906. The van der Waals surface area contributed by atoms with Gasteiger partial charge in [0.1, 0.15) is 5.71 Å². The number of rotatable bonds is 0. The summed E-state index contributed by atoms with van der Waals surface area (Å²) in [5.74, 6) is 2.58. The van der Waals surface area contributed by atoms with Gasteiger partial charge in [0, 0.05) is 0 Å². The van der Waals surface area contributed by atoms with E-state index in [9.17, 15) is 0 Å². The summed E-state index contributed by atoms with van der Waals surface area (Å²) in [6, 6.07) is 0. The molecule has 0 aromatic carbocycles. The van der Waals surface area contributed by atoms with Gasteiger partial charge in [-0.05, 0) is 16.9 Å². The lowest BCUT2D eigenvalue weighted by molar-refractivity contribution is 0.518. The van der Waals surface area contributed by atoms with Gasteiger partial charge < -0.3 is 5.43 Å². The van der Waals surface area contributed by atoms with Gasteiger partial charge in [-0.25, -0.2) is 0 Å². The van der Waals surface area contributed by atoms with Crippen LogP contribution in [0.15, 0.2) is 16.8 Å². The zero-order valence-corrected chi connectivity index (χ0v) is 7.81. The minimum Gasteiger partial charge on any atom is -0.305 e. The van der Waals surface area contributed by atoms with Crippen LogP contribution in [0, 0.1) is 17.8 Å². The van der Waals surface area contributed by atoms with E-state index in [1.807, 2.05) is 0 Å². The van der Waals surface area contributed by atoms with Crippen LogP contribution < -0.4 is 5.43 Å². The summed E-state index contributed by atoms with van der Waals surface area (Å²) < 4.78 is 0. The molecule has 2 nitrogen and oxygen atoms in total. The van der Waals surface area contributed by atoms with Crippen molar-refractivity contribution in [1.29, 1.82) is 0 Å². The van der Waals surface area contributed by atoms with Crippen molar-refractivity contribution in [2.45, 2.75) is 20.8 Å². The second-order valence-corrected chi connectivity index (χ2v) is 3.83. The summed E-state index contributed by atoms with van der Waals surface area (Å²) in [7, 11) is 0. The highest BCUT2D eigenvalue weighted by Gasteiger charge is 2.22. The predicted molar refractivity (Wildman–Crippen MR) is 51.8 cm³/mol. The number of hydrogen-bond donors (Lipinski definition) is 1. The van der Waals surface area contributed by atoms with Crippen molar-refractivity contribution in [3.8, 4) is 12.3 Å². The molecule has 12 heavy (non-hydrogen) atoms. The maximum atomic E-state index is 5.33. The molecule has 0 aromatic heterocycles. The van der Waals surface area contributed by atoms with Gasteiger partial charge in [0.15, 0.2) is 0 Å². The van der Waals surface area contributed by atoms with E-state index in [2.05, 4.69) is 43.3 Å². The lowest BCUT2D eigenvalue weighted by Crippen LogP contribution is -2.25. The second-order valence-electron chi connectivity index (χ2n) is 3.83. The molecular formula is C10H14N2. The summed E-state index contributed by atoms with van der Waals surface area (Å²) in [6.45, 7) is 7.18. The van der Waals surface area contributed by atoms with Crippen molar-refractivity contribution in [3.63, 3.8) is 0 Å². The van der Waals surface area contributed by atoms with Crippen molar-refractivity contribution in [2.24, 2.45) is 10.5 Å². The van der Waals surface area contributed by atoms with Crippen LogP contribution in [0.3, 0.4) is 0 Å². The van der Waals surface area contributed by atoms with Crippen LogP contribution in [0.25, 0.3) is 0 Å². The van der Waals surface area contributed by atoms with Crippen LogP contribution >= 0.6 is 0 Å². The van der Waals surface area contributed by atoms with Gasteiger partial charge in [-0.15, -0.1) is 6.42 Å². The quantitative estimate of drug-likeness (QED) is 0.537. The Bertz CT molecular complexity index is 271. The second kappa shape index (κ2) is 3.02. The maximum Gasteiger partial charge on any atom is 0.136 e.